The third-order valence-corrected chi connectivity index (χ3v) is 5.11. The van der Waals surface area contributed by atoms with Crippen molar-refractivity contribution in [2.75, 3.05) is 18.5 Å². The average Bonchev–Trinajstić information content (AvgIpc) is 3.29. The molecule has 3 aromatic rings. The minimum atomic E-state index is -0.168. The zero-order valence-corrected chi connectivity index (χ0v) is 16.2. The Morgan fingerprint density at radius 3 is 2.93 bits per heavy atom. The zero-order valence-electron chi connectivity index (χ0n) is 15.4. The Morgan fingerprint density at radius 2 is 2.22 bits per heavy atom. The molecule has 140 valence electrons. The first-order chi connectivity index (χ1) is 13.0. The molecule has 1 aliphatic heterocycles. The van der Waals surface area contributed by atoms with Crippen LogP contribution in [-0.2, 0) is 11.8 Å². The van der Waals surface area contributed by atoms with E-state index >= 15 is 0 Å². The standard InChI is InChI=1S/C20H22ClN5O/c1-20(7-4-10-27-20)13-24-19-23-12-16(14-5-3-6-15(21)11-14)17(25-19)18-22-8-9-26(18)2/h3,5-6,8-9,11-12H,4,7,10,13H2,1-2H3,(H,23,24,25). The van der Waals surface area contributed by atoms with Crippen LogP contribution in [-0.4, -0.2) is 38.3 Å². The summed E-state index contributed by atoms with van der Waals surface area (Å²) in [6.45, 7) is 3.60. The number of imidazole rings is 1. The number of hydrogen-bond acceptors (Lipinski definition) is 5. The molecular weight excluding hydrogens is 362 g/mol. The van der Waals surface area contributed by atoms with Crippen LogP contribution in [0.1, 0.15) is 19.8 Å². The second-order valence-corrected chi connectivity index (χ2v) is 7.52. The third kappa shape index (κ3) is 3.82. The number of halogens is 1. The number of rotatable bonds is 5. The van der Waals surface area contributed by atoms with Gasteiger partial charge in [-0.3, -0.25) is 0 Å². The van der Waals surface area contributed by atoms with Gasteiger partial charge in [-0.15, -0.1) is 0 Å². The number of aromatic nitrogens is 4. The molecule has 7 heteroatoms. The molecule has 1 fully saturated rings. The Labute approximate surface area is 163 Å². The van der Waals surface area contributed by atoms with E-state index in [9.17, 15) is 0 Å². The molecule has 0 radical (unpaired) electrons. The second kappa shape index (κ2) is 7.29. The SMILES string of the molecule is Cn1ccnc1-c1nc(NCC2(C)CCCO2)ncc1-c1cccc(Cl)c1. The van der Waals surface area contributed by atoms with Gasteiger partial charge in [-0.1, -0.05) is 23.7 Å². The molecule has 0 saturated carbocycles. The summed E-state index contributed by atoms with van der Waals surface area (Å²) in [5.74, 6) is 1.34. The summed E-state index contributed by atoms with van der Waals surface area (Å²) < 4.78 is 7.79. The highest BCUT2D eigenvalue weighted by Gasteiger charge is 2.29. The van der Waals surface area contributed by atoms with Crippen molar-refractivity contribution in [2.24, 2.45) is 7.05 Å². The van der Waals surface area contributed by atoms with E-state index < -0.39 is 0 Å². The van der Waals surface area contributed by atoms with E-state index in [1.807, 2.05) is 48.3 Å². The quantitative estimate of drug-likeness (QED) is 0.716. The minimum Gasteiger partial charge on any atom is -0.373 e. The maximum absolute atomic E-state index is 6.18. The lowest BCUT2D eigenvalue weighted by Crippen LogP contribution is -2.33. The van der Waals surface area contributed by atoms with Crippen LogP contribution in [0.15, 0.2) is 42.9 Å². The maximum atomic E-state index is 6.18. The van der Waals surface area contributed by atoms with Gasteiger partial charge in [0.25, 0.3) is 0 Å². The fourth-order valence-electron chi connectivity index (χ4n) is 3.34. The molecule has 1 aromatic carbocycles. The summed E-state index contributed by atoms with van der Waals surface area (Å²) >= 11 is 6.18. The number of nitrogens with one attached hydrogen (secondary N) is 1. The van der Waals surface area contributed by atoms with Crippen molar-refractivity contribution >= 4 is 17.5 Å². The highest BCUT2D eigenvalue weighted by Crippen LogP contribution is 2.31. The van der Waals surface area contributed by atoms with Gasteiger partial charge >= 0.3 is 0 Å². The first kappa shape index (κ1) is 17.9. The van der Waals surface area contributed by atoms with Gasteiger partial charge in [0, 0.05) is 49.4 Å². The first-order valence-corrected chi connectivity index (χ1v) is 9.40. The van der Waals surface area contributed by atoms with E-state index in [4.69, 9.17) is 21.3 Å². The van der Waals surface area contributed by atoms with Crippen LogP contribution < -0.4 is 5.32 Å². The van der Waals surface area contributed by atoms with E-state index in [1.54, 1.807) is 6.20 Å². The van der Waals surface area contributed by atoms with Gasteiger partial charge in [0.05, 0.1) is 5.60 Å². The zero-order chi connectivity index (χ0) is 18.9. The molecular formula is C20H22ClN5O. The second-order valence-electron chi connectivity index (χ2n) is 7.08. The lowest BCUT2D eigenvalue weighted by Gasteiger charge is -2.23. The normalized spacial score (nSPS) is 19.4. The topological polar surface area (TPSA) is 64.9 Å². The van der Waals surface area contributed by atoms with Gasteiger partial charge in [0.15, 0.2) is 5.82 Å². The van der Waals surface area contributed by atoms with E-state index in [1.165, 1.54) is 0 Å². The highest BCUT2D eigenvalue weighted by molar-refractivity contribution is 6.30. The average molecular weight is 384 g/mol. The van der Waals surface area contributed by atoms with Crippen LogP contribution in [0.2, 0.25) is 5.02 Å². The van der Waals surface area contributed by atoms with Crippen molar-refractivity contribution in [2.45, 2.75) is 25.4 Å². The Bertz CT molecular complexity index is 949. The molecule has 3 heterocycles. The fourth-order valence-corrected chi connectivity index (χ4v) is 3.53. The first-order valence-electron chi connectivity index (χ1n) is 9.03. The molecule has 6 nitrogen and oxygen atoms in total. The van der Waals surface area contributed by atoms with Crippen LogP contribution >= 0.6 is 11.6 Å². The monoisotopic (exact) mass is 383 g/mol. The summed E-state index contributed by atoms with van der Waals surface area (Å²) in [5, 5.41) is 4.00. The molecule has 0 aliphatic carbocycles. The molecule has 1 atom stereocenters. The van der Waals surface area contributed by atoms with Crippen LogP contribution in [0.25, 0.3) is 22.6 Å². The molecule has 4 rings (SSSR count). The third-order valence-electron chi connectivity index (χ3n) is 4.88. The molecule has 1 aliphatic rings. The number of anilines is 1. The lowest BCUT2D eigenvalue weighted by molar-refractivity contribution is 0.0314. The molecule has 0 spiro atoms. The van der Waals surface area contributed by atoms with Crippen molar-refractivity contribution in [3.8, 4) is 22.6 Å². The molecule has 1 N–H and O–H groups in total. The van der Waals surface area contributed by atoms with E-state index in [0.717, 1.165) is 42.1 Å². The Kier molecular flexibility index (Phi) is 4.85. The predicted molar refractivity (Wildman–Crippen MR) is 107 cm³/mol. The van der Waals surface area contributed by atoms with E-state index in [-0.39, 0.29) is 5.60 Å². The van der Waals surface area contributed by atoms with Crippen molar-refractivity contribution in [1.82, 2.24) is 19.5 Å². The smallest absolute Gasteiger partial charge is 0.223 e. The van der Waals surface area contributed by atoms with Gasteiger partial charge in [0.1, 0.15) is 5.69 Å². The Balaban J connectivity index is 1.71. The lowest BCUT2D eigenvalue weighted by atomic mass is 10.0. The van der Waals surface area contributed by atoms with E-state index in [0.29, 0.717) is 17.5 Å². The van der Waals surface area contributed by atoms with Gasteiger partial charge in [0.2, 0.25) is 5.95 Å². The van der Waals surface area contributed by atoms with Crippen molar-refractivity contribution < 1.29 is 4.74 Å². The molecule has 1 saturated heterocycles. The van der Waals surface area contributed by atoms with Gasteiger partial charge < -0.3 is 14.6 Å². The van der Waals surface area contributed by atoms with Gasteiger partial charge in [-0.25, -0.2) is 15.0 Å². The molecule has 0 amide bonds. The summed E-state index contributed by atoms with van der Waals surface area (Å²) in [7, 11) is 1.95. The molecule has 0 bridgehead atoms. The van der Waals surface area contributed by atoms with Crippen LogP contribution in [0, 0.1) is 0 Å². The number of ether oxygens (including phenoxy) is 1. The number of hydrogen-bond donors (Lipinski definition) is 1. The number of benzene rings is 1. The van der Waals surface area contributed by atoms with Gasteiger partial charge in [-0.2, -0.15) is 0 Å². The van der Waals surface area contributed by atoms with Crippen molar-refractivity contribution in [3.63, 3.8) is 0 Å². The molecule has 2 aromatic heterocycles. The molecule has 27 heavy (non-hydrogen) atoms. The van der Waals surface area contributed by atoms with Crippen molar-refractivity contribution in [3.05, 3.63) is 47.9 Å². The maximum Gasteiger partial charge on any atom is 0.223 e. The number of aryl methyl sites for hydroxylation is 1. The Hall–Kier alpha value is -2.44. The summed E-state index contributed by atoms with van der Waals surface area (Å²) in [6, 6.07) is 7.68. The largest absolute Gasteiger partial charge is 0.373 e. The molecule has 1 unspecified atom stereocenters. The minimum absolute atomic E-state index is 0.168. The Morgan fingerprint density at radius 1 is 1.33 bits per heavy atom. The summed E-state index contributed by atoms with van der Waals surface area (Å²) in [5.41, 5.74) is 2.44. The van der Waals surface area contributed by atoms with Gasteiger partial charge in [-0.05, 0) is 37.5 Å². The van der Waals surface area contributed by atoms with Crippen LogP contribution in [0.3, 0.4) is 0 Å². The van der Waals surface area contributed by atoms with Crippen LogP contribution in [0.5, 0.6) is 0 Å². The summed E-state index contributed by atoms with van der Waals surface area (Å²) in [6.07, 6.45) is 7.61. The van der Waals surface area contributed by atoms with E-state index in [2.05, 4.69) is 22.2 Å². The fraction of sp³-hybridized carbons (Fsp3) is 0.350. The highest BCUT2D eigenvalue weighted by atomic mass is 35.5. The number of nitrogens with zero attached hydrogens (tertiary/aromatic N) is 4. The summed E-state index contributed by atoms with van der Waals surface area (Å²) in [4.78, 5) is 13.8. The van der Waals surface area contributed by atoms with Crippen LogP contribution in [0.4, 0.5) is 5.95 Å². The van der Waals surface area contributed by atoms with Crippen molar-refractivity contribution in [1.29, 1.82) is 0 Å². The predicted octanol–water partition coefficient (Wildman–Crippen LogP) is 4.18.